The van der Waals surface area contributed by atoms with Crippen LogP contribution in [0.1, 0.15) is 36.9 Å². The van der Waals surface area contributed by atoms with Crippen molar-refractivity contribution in [1.82, 2.24) is 4.31 Å². The summed E-state index contributed by atoms with van der Waals surface area (Å²) in [7, 11) is -3.59. The van der Waals surface area contributed by atoms with Gasteiger partial charge in [0.25, 0.3) is 0 Å². The van der Waals surface area contributed by atoms with Crippen molar-refractivity contribution < 1.29 is 18.3 Å². The number of nitrogens with zero attached hydrogens (tertiary/aromatic N) is 1. The second-order valence-electron chi connectivity index (χ2n) is 4.16. The van der Waals surface area contributed by atoms with Crippen LogP contribution in [0, 0.1) is 0 Å². The minimum Gasteiger partial charge on any atom is -0.477 e. The maximum absolute atomic E-state index is 12.3. The molecule has 5 nitrogen and oxygen atoms in total. The number of hydrogen-bond donors (Lipinski definition) is 1. The number of carbonyl (C=O) groups is 1. The van der Waals surface area contributed by atoms with Crippen molar-refractivity contribution in [1.29, 1.82) is 0 Å². The minimum absolute atomic E-state index is 0.0359. The summed E-state index contributed by atoms with van der Waals surface area (Å²) in [6.07, 6.45) is 0.716. The number of sulfonamides is 1. The SMILES string of the molecule is CCCN(C(C)C)S(=O)(=O)c1csc(C(=O)O)c1. The zero-order chi connectivity index (χ0) is 13.9. The smallest absolute Gasteiger partial charge is 0.345 e. The number of carboxylic acid groups (broad SMARTS) is 1. The second kappa shape index (κ2) is 5.81. The Hall–Kier alpha value is -0.920. The Morgan fingerprint density at radius 1 is 1.50 bits per heavy atom. The molecule has 0 saturated heterocycles. The van der Waals surface area contributed by atoms with Crippen molar-refractivity contribution in [2.75, 3.05) is 6.54 Å². The summed E-state index contributed by atoms with van der Waals surface area (Å²) >= 11 is 0.926. The highest BCUT2D eigenvalue weighted by Crippen LogP contribution is 2.24. The summed E-state index contributed by atoms with van der Waals surface area (Å²) in [5.74, 6) is -1.10. The van der Waals surface area contributed by atoms with Crippen LogP contribution < -0.4 is 0 Å². The normalized spacial score (nSPS) is 12.3. The molecule has 0 radical (unpaired) electrons. The fourth-order valence-electron chi connectivity index (χ4n) is 1.58. The van der Waals surface area contributed by atoms with Gasteiger partial charge in [0.1, 0.15) is 4.88 Å². The molecule has 1 N–H and O–H groups in total. The molecule has 18 heavy (non-hydrogen) atoms. The van der Waals surface area contributed by atoms with Gasteiger partial charge in [0.2, 0.25) is 10.0 Å². The summed E-state index contributed by atoms with van der Waals surface area (Å²) in [6.45, 7) is 5.94. The van der Waals surface area contributed by atoms with Crippen molar-refractivity contribution in [2.45, 2.75) is 38.1 Å². The average molecular weight is 291 g/mol. The predicted octanol–water partition coefficient (Wildman–Crippen LogP) is 2.26. The Kier molecular flexibility index (Phi) is 4.89. The molecule has 102 valence electrons. The molecule has 7 heteroatoms. The topological polar surface area (TPSA) is 74.7 Å². The summed E-state index contributed by atoms with van der Waals surface area (Å²) in [4.78, 5) is 10.9. The van der Waals surface area contributed by atoms with Crippen molar-refractivity contribution in [3.63, 3.8) is 0 Å². The van der Waals surface area contributed by atoms with Gasteiger partial charge in [0, 0.05) is 18.0 Å². The van der Waals surface area contributed by atoms with E-state index in [4.69, 9.17) is 5.11 Å². The van der Waals surface area contributed by atoms with Gasteiger partial charge in [-0.1, -0.05) is 6.92 Å². The number of aromatic carboxylic acids is 1. The van der Waals surface area contributed by atoms with E-state index in [0.29, 0.717) is 13.0 Å². The lowest BCUT2D eigenvalue weighted by molar-refractivity contribution is 0.0702. The monoisotopic (exact) mass is 291 g/mol. The average Bonchev–Trinajstić information content (AvgIpc) is 2.74. The first-order chi connectivity index (χ1) is 8.30. The maximum Gasteiger partial charge on any atom is 0.345 e. The molecule has 0 aromatic carbocycles. The number of thiophene rings is 1. The first-order valence-corrected chi connectivity index (χ1v) is 7.96. The molecule has 0 aliphatic rings. The Bertz CT molecular complexity index is 519. The third kappa shape index (κ3) is 3.09. The van der Waals surface area contributed by atoms with Crippen LogP contribution in [0.4, 0.5) is 0 Å². The molecule has 0 bridgehead atoms. The predicted molar refractivity (Wildman–Crippen MR) is 70.6 cm³/mol. The van der Waals surface area contributed by atoms with Crippen LogP contribution in [0.25, 0.3) is 0 Å². The lowest BCUT2D eigenvalue weighted by atomic mass is 10.4. The van der Waals surface area contributed by atoms with Gasteiger partial charge >= 0.3 is 5.97 Å². The van der Waals surface area contributed by atoms with Crippen LogP contribution in [-0.2, 0) is 10.0 Å². The highest BCUT2D eigenvalue weighted by atomic mass is 32.2. The zero-order valence-corrected chi connectivity index (χ0v) is 12.2. The van der Waals surface area contributed by atoms with Crippen molar-refractivity contribution >= 4 is 27.3 Å². The van der Waals surface area contributed by atoms with E-state index in [0.717, 1.165) is 11.3 Å². The highest BCUT2D eigenvalue weighted by molar-refractivity contribution is 7.89. The minimum atomic E-state index is -3.59. The summed E-state index contributed by atoms with van der Waals surface area (Å²) in [5, 5.41) is 10.2. The van der Waals surface area contributed by atoms with E-state index in [2.05, 4.69) is 0 Å². The van der Waals surface area contributed by atoms with Crippen LogP contribution >= 0.6 is 11.3 Å². The third-order valence-corrected chi connectivity index (χ3v) is 5.53. The number of hydrogen-bond acceptors (Lipinski definition) is 4. The molecule has 0 fully saturated rings. The number of carboxylic acids is 1. The van der Waals surface area contributed by atoms with E-state index >= 15 is 0 Å². The first-order valence-electron chi connectivity index (χ1n) is 5.64. The summed E-state index contributed by atoms with van der Waals surface area (Å²) in [5.41, 5.74) is 0. The molecular formula is C11H17NO4S2. The van der Waals surface area contributed by atoms with E-state index in [1.54, 1.807) is 13.8 Å². The van der Waals surface area contributed by atoms with Crippen LogP contribution in [0.15, 0.2) is 16.3 Å². The van der Waals surface area contributed by atoms with Crippen LogP contribution in [-0.4, -0.2) is 36.4 Å². The van der Waals surface area contributed by atoms with Crippen molar-refractivity contribution in [3.8, 4) is 0 Å². The Morgan fingerprint density at radius 2 is 2.11 bits per heavy atom. The molecule has 0 saturated carbocycles. The molecular weight excluding hydrogens is 274 g/mol. The van der Waals surface area contributed by atoms with E-state index in [9.17, 15) is 13.2 Å². The lowest BCUT2D eigenvalue weighted by Gasteiger charge is -2.24. The summed E-state index contributed by atoms with van der Waals surface area (Å²) < 4.78 is 26.1. The van der Waals surface area contributed by atoms with E-state index in [1.807, 2.05) is 6.92 Å². The van der Waals surface area contributed by atoms with Gasteiger partial charge < -0.3 is 5.11 Å². The molecule has 0 unspecified atom stereocenters. The number of rotatable bonds is 6. The van der Waals surface area contributed by atoms with Crippen LogP contribution in [0.2, 0.25) is 0 Å². The Balaban J connectivity index is 3.14. The van der Waals surface area contributed by atoms with E-state index < -0.39 is 16.0 Å². The first kappa shape index (κ1) is 15.1. The van der Waals surface area contributed by atoms with E-state index in [1.165, 1.54) is 15.8 Å². The fraction of sp³-hybridized carbons (Fsp3) is 0.545. The standard InChI is InChI=1S/C11H17NO4S2/c1-4-5-12(8(2)3)18(15,16)9-6-10(11(13)14)17-7-9/h6-8H,4-5H2,1-3H3,(H,13,14). The van der Waals surface area contributed by atoms with Crippen molar-refractivity contribution in [3.05, 3.63) is 16.3 Å². The third-order valence-electron chi connectivity index (χ3n) is 2.41. The van der Waals surface area contributed by atoms with Gasteiger partial charge in [-0.05, 0) is 26.3 Å². The molecule has 1 aromatic heterocycles. The van der Waals surface area contributed by atoms with Crippen LogP contribution in [0.3, 0.4) is 0 Å². The quantitative estimate of drug-likeness (QED) is 0.872. The Morgan fingerprint density at radius 3 is 2.50 bits per heavy atom. The molecule has 1 aromatic rings. The second-order valence-corrected chi connectivity index (χ2v) is 6.96. The van der Waals surface area contributed by atoms with Gasteiger partial charge in [0.05, 0.1) is 4.90 Å². The molecule has 1 rings (SSSR count). The molecule has 0 spiro atoms. The van der Waals surface area contributed by atoms with E-state index in [-0.39, 0.29) is 15.8 Å². The van der Waals surface area contributed by atoms with Gasteiger partial charge in [0.15, 0.2) is 0 Å². The zero-order valence-electron chi connectivity index (χ0n) is 10.6. The largest absolute Gasteiger partial charge is 0.477 e. The molecule has 0 amide bonds. The summed E-state index contributed by atoms with van der Waals surface area (Å²) in [6, 6.07) is 1.07. The van der Waals surface area contributed by atoms with Gasteiger partial charge in [-0.15, -0.1) is 11.3 Å². The lowest BCUT2D eigenvalue weighted by Crippen LogP contribution is -2.37. The molecule has 1 heterocycles. The van der Waals surface area contributed by atoms with Gasteiger partial charge in [-0.2, -0.15) is 4.31 Å². The molecule has 0 atom stereocenters. The Labute approximate surface area is 111 Å². The van der Waals surface area contributed by atoms with Crippen molar-refractivity contribution in [2.24, 2.45) is 0 Å². The van der Waals surface area contributed by atoms with Gasteiger partial charge in [-0.25, -0.2) is 13.2 Å². The fourth-order valence-corrected chi connectivity index (χ4v) is 4.41. The highest BCUT2D eigenvalue weighted by Gasteiger charge is 2.27. The van der Waals surface area contributed by atoms with Gasteiger partial charge in [-0.3, -0.25) is 0 Å². The molecule has 0 aliphatic heterocycles. The van der Waals surface area contributed by atoms with Crippen LogP contribution in [0.5, 0.6) is 0 Å². The maximum atomic E-state index is 12.3. The molecule has 0 aliphatic carbocycles.